The average Bonchev–Trinajstić information content (AvgIpc) is 2.94. The van der Waals surface area contributed by atoms with Gasteiger partial charge in [0.15, 0.2) is 5.84 Å². The van der Waals surface area contributed by atoms with Crippen LogP contribution in [0.25, 0.3) is 0 Å². The molecule has 1 saturated heterocycles. The zero-order valence-electron chi connectivity index (χ0n) is 12.0. The van der Waals surface area contributed by atoms with E-state index in [0.29, 0.717) is 24.7 Å². The molecule has 0 aromatic rings. The largest absolute Gasteiger partial charge is 0.409 e. The normalized spacial score (nSPS) is 36.5. The number of carbonyl (C=O) groups is 1. The maximum atomic E-state index is 12.5. The predicted molar refractivity (Wildman–Crippen MR) is 75.3 cm³/mol. The van der Waals surface area contributed by atoms with Crippen LogP contribution in [-0.4, -0.2) is 47.5 Å². The van der Waals surface area contributed by atoms with E-state index in [1.807, 2.05) is 7.05 Å². The topological polar surface area (TPSA) is 91.0 Å². The first-order valence-corrected chi connectivity index (χ1v) is 7.56. The predicted octanol–water partition coefficient (Wildman–Crippen LogP) is 0.360. The van der Waals surface area contributed by atoms with E-state index < -0.39 is 5.54 Å². The molecule has 20 heavy (non-hydrogen) atoms. The van der Waals surface area contributed by atoms with E-state index in [2.05, 4.69) is 15.4 Å². The molecule has 2 unspecified atom stereocenters. The lowest BCUT2D eigenvalue weighted by atomic mass is 9.86. The smallest absolute Gasteiger partial charge is 0.224 e. The molecule has 4 N–H and O–H groups in total. The molecule has 3 fully saturated rings. The summed E-state index contributed by atoms with van der Waals surface area (Å²) in [6.07, 6.45) is 5.03. The van der Waals surface area contributed by atoms with Crippen LogP contribution in [-0.2, 0) is 4.79 Å². The number of likely N-dealkylation sites (tertiary alicyclic amines) is 1. The third-order valence-corrected chi connectivity index (χ3v) is 5.51. The highest BCUT2D eigenvalue weighted by atomic mass is 16.4. The first-order valence-electron chi connectivity index (χ1n) is 7.56. The molecule has 0 spiro atoms. The second kappa shape index (κ2) is 4.91. The Morgan fingerprint density at radius 1 is 1.35 bits per heavy atom. The maximum absolute atomic E-state index is 12.5. The van der Waals surface area contributed by atoms with E-state index in [0.717, 1.165) is 13.1 Å². The summed E-state index contributed by atoms with van der Waals surface area (Å²) in [7, 11) is 2.04. The monoisotopic (exact) mass is 280 g/mol. The Labute approximate surface area is 119 Å². The van der Waals surface area contributed by atoms with Crippen molar-refractivity contribution in [1.82, 2.24) is 10.2 Å². The number of carbonyl (C=O) groups excluding carboxylic acids is 1. The maximum Gasteiger partial charge on any atom is 0.224 e. The van der Waals surface area contributed by atoms with E-state index in [1.54, 1.807) is 0 Å². The van der Waals surface area contributed by atoms with Crippen molar-refractivity contribution >= 4 is 11.7 Å². The molecule has 0 aromatic heterocycles. The Bertz CT molecular complexity index is 419. The molecular weight excluding hydrogens is 256 g/mol. The number of oxime groups is 1. The second-order valence-corrected chi connectivity index (χ2v) is 6.64. The Balaban J connectivity index is 1.69. The molecule has 2 aliphatic carbocycles. The van der Waals surface area contributed by atoms with Crippen molar-refractivity contribution in [2.24, 2.45) is 28.6 Å². The Kier molecular flexibility index (Phi) is 3.36. The molecule has 6 nitrogen and oxygen atoms in total. The summed E-state index contributed by atoms with van der Waals surface area (Å²) in [5, 5.41) is 15.3. The fraction of sp³-hybridized carbons (Fsp3) is 0.857. The highest BCUT2D eigenvalue weighted by Crippen LogP contribution is 2.57. The van der Waals surface area contributed by atoms with Crippen LogP contribution >= 0.6 is 0 Å². The molecule has 1 amide bonds. The lowest BCUT2D eigenvalue weighted by molar-refractivity contribution is -0.124. The van der Waals surface area contributed by atoms with Crippen LogP contribution in [0.3, 0.4) is 0 Å². The summed E-state index contributed by atoms with van der Waals surface area (Å²) >= 11 is 0. The van der Waals surface area contributed by atoms with Crippen molar-refractivity contribution in [2.75, 3.05) is 20.1 Å². The molecule has 0 bridgehead atoms. The Hall–Kier alpha value is -1.30. The van der Waals surface area contributed by atoms with Crippen LogP contribution < -0.4 is 11.1 Å². The van der Waals surface area contributed by atoms with Gasteiger partial charge in [0.05, 0.1) is 0 Å². The van der Waals surface area contributed by atoms with E-state index in [-0.39, 0.29) is 17.7 Å². The SMILES string of the molecule is CN1CCC(NC(=O)C2C3CCCC32)(C(N)=NO)CC1. The van der Waals surface area contributed by atoms with Crippen LogP contribution in [0.5, 0.6) is 0 Å². The average molecular weight is 280 g/mol. The zero-order valence-corrected chi connectivity index (χ0v) is 12.0. The summed E-state index contributed by atoms with van der Waals surface area (Å²) in [5.74, 6) is 1.60. The number of amides is 1. The van der Waals surface area contributed by atoms with Gasteiger partial charge in [-0.3, -0.25) is 4.79 Å². The third kappa shape index (κ3) is 2.16. The van der Waals surface area contributed by atoms with Crippen LogP contribution in [0.2, 0.25) is 0 Å². The van der Waals surface area contributed by atoms with Crippen molar-refractivity contribution in [3.63, 3.8) is 0 Å². The molecule has 1 heterocycles. The molecule has 2 atom stereocenters. The van der Waals surface area contributed by atoms with Gasteiger partial charge in [0.1, 0.15) is 5.54 Å². The number of nitrogens with one attached hydrogen (secondary N) is 1. The van der Waals surface area contributed by atoms with Gasteiger partial charge in [0.2, 0.25) is 5.91 Å². The van der Waals surface area contributed by atoms with E-state index >= 15 is 0 Å². The van der Waals surface area contributed by atoms with Gasteiger partial charge in [-0.05, 0) is 44.6 Å². The molecule has 3 rings (SSSR count). The van der Waals surface area contributed by atoms with Crippen molar-refractivity contribution in [2.45, 2.75) is 37.6 Å². The summed E-state index contributed by atoms with van der Waals surface area (Å²) in [6.45, 7) is 1.68. The lowest BCUT2D eigenvalue weighted by Gasteiger charge is -2.40. The second-order valence-electron chi connectivity index (χ2n) is 6.64. The molecule has 1 aliphatic heterocycles. The number of hydrogen-bond acceptors (Lipinski definition) is 4. The van der Waals surface area contributed by atoms with Gasteiger partial charge >= 0.3 is 0 Å². The van der Waals surface area contributed by atoms with Gasteiger partial charge in [0, 0.05) is 19.0 Å². The molecule has 6 heteroatoms. The molecular formula is C14H24N4O2. The van der Waals surface area contributed by atoms with E-state index in [4.69, 9.17) is 10.9 Å². The van der Waals surface area contributed by atoms with Gasteiger partial charge < -0.3 is 21.2 Å². The van der Waals surface area contributed by atoms with Crippen molar-refractivity contribution in [1.29, 1.82) is 0 Å². The van der Waals surface area contributed by atoms with Crippen LogP contribution in [0, 0.1) is 17.8 Å². The van der Waals surface area contributed by atoms with Gasteiger partial charge in [-0.2, -0.15) is 0 Å². The number of rotatable bonds is 3. The summed E-state index contributed by atoms with van der Waals surface area (Å²) in [4.78, 5) is 14.7. The number of hydrogen-bond donors (Lipinski definition) is 3. The number of amidine groups is 1. The molecule has 0 radical (unpaired) electrons. The Morgan fingerprint density at radius 2 is 1.95 bits per heavy atom. The molecule has 3 aliphatic rings. The highest BCUT2D eigenvalue weighted by molar-refractivity contribution is 5.95. The molecule has 112 valence electrons. The minimum Gasteiger partial charge on any atom is -0.409 e. The fourth-order valence-corrected chi connectivity index (χ4v) is 4.07. The number of nitrogens with two attached hydrogens (primary N) is 1. The van der Waals surface area contributed by atoms with Crippen molar-refractivity contribution < 1.29 is 10.0 Å². The molecule has 2 saturated carbocycles. The standard InChI is InChI=1S/C14H24N4O2/c1-18-7-5-14(6-8-18,13(15)17-20)16-12(19)11-9-3-2-4-10(9)11/h9-11,20H,2-8H2,1H3,(H2,15,17)(H,16,19). The van der Waals surface area contributed by atoms with Gasteiger partial charge in [-0.1, -0.05) is 11.6 Å². The summed E-state index contributed by atoms with van der Waals surface area (Å²) < 4.78 is 0. The first kappa shape index (κ1) is 13.7. The third-order valence-electron chi connectivity index (χ3n) is 5.51. The minimum atomic E-state index is -0.658. The van der Waals surface area contributed by atoms with Gasteiger partial charge in [-0.15, -0.1) is 0 Å². The van der Waals surface area contributed by atoms with E-state index in [9.17, 15) is 4.79 Å². The first-order chi connectivity index (χ1) is 9.57. The van der Waals surface area contributed by atoms with Crippen LogP contribution in [0.1, 0.15) is 32.1 Å². The lowest BCUT2D eigenvalue weighted by Crippen LogP contribution is -2.62. The van der Waals surface area contributed by atoms with Crippen molar-refractivity contribution in [3.05, 3.63) is 0 Å². The number of fused-ring (bicyclic) bond motifs is 1. The van der Waals surface area contributed by atoms with Crippen LogP contribution in [0.4, 0.5) is 0 Å². The summed E-state index contributed by atoms with van der Waals surface area (Å²) in [6, 6.07) is 0. The van der Waals surface area contributed by atoms with Gasteiger partial charge in [-0.25, -0.2) is 0 Å². The number of piperidine rings is 1. The summed E-state index contributed by atoms with van der Waals surface area (Å²) in [5.41, 5.74) is 5.22. The van der Waals surface area contributed by atoms with Gasteiger partial charge in [0.25, 0.3) is 0 Å². The van der Waals surface area contributed by atoms with Crippen molar-refractivity contribution in [3.8, 4) is 0 Å². The zero-order chi connectivity index (χ0) is 14.3. The quantitative estimate of drug-likeness (QED) is 0.301. The van der Waals surface area contributed by atoms with Crippen LogP contribution in [0.15, 0.2) is 5.16 Å². The number of nitrogens with zero attached hydrogens (tertiary/aromatic N) is 2. The fourth-order valence-electron chi connectivity index (χ4n) is 4.07. The Morgan fingerprint density at radius 3 is 2.50 bits per heavy atom. The molecule has 0 aromatic carbocycles. The highest BCUT2D eigenvalue weighted by Gasteiger charge is 2.57. The minimum absolute atomic E-state index is 0.107. The van der Waals surface area contributed by atoms with E-state index in [1.165, 1.54) is 19.3 Å².